The van der Waals surface area contributed by atoms with Crippen LogP contribution in [0.15, 0.2) is 18.2 Å². The van der Waals surface area contributed by atoms with E-state index >= 15 is 0 Å². The maximum atomic E-state index is 10.5. The highest BCUT2D eigenvalue weighted by molar-refractivity contribution is 5.76. The first-order valence-electron chi connectivity index (χ1n) is 3.92. The van der Waals surface area contributed by atoms with Crippen LogP contribution in [0.3, 0.4) is 0 Å². The van der Waals surface area contributed by atoms with Crippen LogP contribution in [0.4, 0.5) is 0 Å². The SMILES string of the molecule is COCc1cc(C=O)cc(OC)c1. The molecule has 0 radical (unpaired) electrons. The number of carbonyl (C=O) groups excluding carboxylic acids is 1. The molecule has 0 spiro atoms. The predicted octanol–water partition coefficient (Wildman–Crippen LogP) is 1.65. The summed E-state index contributed by atoms with van der Waals surface area (Å²) >= 11 is 0. The number of carbonyl (C=O) groups is 1. The fraction of sp³-hybridized carbons (Fsp3) is 0.300. The normalized spacial score (nSPS) is 9.69. The molecule has 0 aliphatic heterocycles. The zero-order valence-electron chi connectivity index (χ0n) is 7.74. The Balaban J connectivity index is 2.99. The third-order valence-electron chi connectivity index (χ3n) is 1.67. The molecule has 0 saturated heterocycles. The Kier molecular flexibility index (Phi) is 3.46. The van der Waals surface area contributed by atoms with Gasteiger partial charge >= 0.3 is 0 Å². The number of ether oxygens (including phenoxy) is 2. The van der Waals surface area contributed by atoms with Crippen LogP contribution in [0.2, 0.25) is 0 Å². The van der Waals surface area contributed by atoms with Crippen molar-refractivity contribution >= 4 is 6.29 Å². The van der Waals surface area contributed by atoms with Gasteiger partial charge in [0.15, 0.2) is 0 Å². The van der Waals surface area contributed by atoms with E-state index in [1.54, 1.807) is 26.4 Å². The molecule has 70 valence electrons. The first-order valence-corrected chi connectivity index (χ1v) is 3.92. The van der Waals surface area contributed by atoms with E-state index in [4.69, 9.17) is 9.47 Å². The Hall–Kier alpha value is -1.35. The van der Waals surface area contributed by atoms with Gasteiger partial charge in [-0.15, -0.1) is 0 Å². The highest BCUT2D eigenvalue weighted by atomic mass is 16.5. The largest absolute Gasteiger partial charge is 0.497 e. The number of aldehydes is 1. The second-order valence-electron chi connectivity index (χ2n) is 2.67. The van der Waals surface area contributed by atoms with E-state index in [2.05, 4.69) is 0 Å². The summed E-state index contributed by atoms with van der Waals surface area (Å²) in [7, 11) is 3.18. The van der Waals surface area contributed by atoms with Crippen LogP contribution in [0.1, 0.15) is 15.9 Å². The molecule has 0 unspecified atom stereocenters. The van der Waals surface area contributed by atoms with Crippen LogP contribution in [0.5, 0.6) is 5.75 Å². The molecule has 0 amide bonds. The molecule has 1 rings (SSSR count). The maximum Gasteiger partial charge on any atom is 0.150 e. The highest BCUT2D eigenvalue weighted by Crippen LogP contribution is 2.16. The lowest BCUT2D eigenvalue weighted by Crippen LogP contribution is -1.92. The molecule has 1 aromatic rings. The Morgan fingerprint density at radius 1 is 1.31 bits per heavy atom. The van der Waals surface area contributed by atoms with Gasteiger partial charge in [0.25, 0.3) is 0 Å². The van der Waals surface area contributed by atoms with Crippen LogP contribution >= 0.6 is 0 Å². The van der Waals surface area contributed by atoms with Crippen LogP contribution in [-0.4, -0.2) is 20.5 Å². The summed E-state index contributed by atoms with van der Waals surface area (Å²) in [4.78, 5) is 10.5. The molecule has 0 aromatic heterocycles. The van der Waals surface area contributed by atoms with Crippen LogP contribution in [0.25, 0.3) is 0 Å². The zero-order valence-corrected chi connectivity index (χ0v) is 7.74. The van der Waals surface area contributed by atoms with Gasteiger partial charge in [-0.1, -0.05) is 0 Å². The summed E-state index contributed by atoms with van der Waals surface area (Å²) in [6, 6.07) is 5.31. The molecule has 1 aromatic carbocycles. The van der Waals surface area contributed by atoms with Crippen LogP contribution < -0.4 is 4.74 Å². The van der Waals surface area contributed by atoms with E-state index in [1.807, 2.05) is 6.07 Å². The van der Waals surface area contributed by atoms with E-state index in [0.29, 0.717) is 17.9 Å². The van der Waals surface area contributed by atoms with E-state index < -0.39 is 0 Å². The second-order valence-corrected chi connectivity index (χ2v) is 2.67. The number of hydrogen-bond donors (Lipinski definition) is 0. The molecule has 0 fully saturated rings. The van der Waals surface area contributed by atoms with Crippen molar-refractivity contribution in [1.29, 1.82) is 0 Å². The van der Waals surface area contributed by atoms with Crippen molar-refractivity contribution in [2.75, 3.05) is 14.2 Å². The third-order valence-corrected chi connectivity index (χ3v) is 1.67. The van der Waals surface area contributed by atoms with Crippen molar-refractivity contribution < 1.29 is 14.3 Å². The molecule has 0 aliphatic rings. The van der Waals surface area contributed by atoms with Crippen molar-refractivity contribution in [1.82, 2.24) is 0 Å². The van der Waals surface area contributed by atoms with E-state index in [1.165, 1.54) is 0 Å². The van der Waals surface area contributed by atoms with Gasteiger partial charge in [0.2, 0.25) is 0 Å². The van der Waals surface area contributed by atoms with E-state index in [0.717, 1.165) is 11.8 Å². The maximum absolute atomic E-state index is 10.5. The fourth-order valence-electron chi connectivity index (χ4n) is 1.12. The summed E-state index contributed by atoms with van der Waals surface area (Å²) in [5, 5.41) is 0. The van der Waals surface area contributed by atoms with Gasteiger partial charge in [-0.25, -0.2) is 0 Å². The summed E-state index contributed by atoms with van der Waals surface area (Å²) in [5.41, 5.74) is 1.54. The molecule has 0 aliphatic carbocycles. The minimum Gasteiger partial charge on any atom is -0.497 e. The first-order chi connectivity index (χ1) is 6.30. The van der Waals surface area contributed by atoms with Gasteiger partial charge in [-0.05, 0) is 23.8 Å². The van der Waals surface area contributed by atoms with Crippen molar-refractivity contribution in [3.8, 4) is 5.75 Å². The summed E-state index contributed by atoms with van der Waals surface area (Å²) in [6.45, 7) is 0.484. The lowest BCUT2D eigenvalue weighted by atomic mass is 10.1. The molecule has 0 bridgehead atoms. The van der Waals surface area contributed by atoms with Gasteiger partial charge in [-0.3, -0.25) is 4.79 Å². The average molecular weight is 180 g/mol. The van der Waals surface area contributed by atoms with Crippen molar-refractivity contribution in [2.45, 2.75) is 6.61 Å². The molecule has 3 nitrogen and oxygen atoms in total. The summed E-state index contributed by atoms with van der Waals surface area (Å²) in [5.74, 6) is 0.677. The number of rotatable bonds is 4. The highest BCUT2D eigenvalue weighted by Gasteiger charge is 1.99. The lowest BCUT2D eigenvalue weighted by molar-refractivity contribution is 0.112. The van der Waals surface area contributed by atoms with Gasteiger partial charge in [0.1, 0.15) is 12.0 Å². The molecule has 0 saturated carbocycles. The van der Waals surface area contributed by atoms with Gasteiger partial charge in [0.05, 0.1) is 13.7 Å². The van der Waals surface area contributed by atoms with Gasteiger partial charge < -0.3 is 9.47 Å². The molecule has 0 heterocycles. The third kappa shape index (κ3) is 2.56. The topological polar surface area (TPSA) is 35.5 Å². The Labute approximate surface area is 77.3 Å². The number of methoxy groups -OCH3 is 2. The molecule has 0 atom stereocenters. The van der Waals surface area contributed by atoms with Gasteiger partial charge in [-0.2, -0.15) is 0 Å². The summed E-state index contributed by atoms with van der Waals surface area (Å²) < 4.78 is 9.98. The van der Waals surface area contributed by atoms with Crippen LogP contribution in [0, 0.1) is 0 Å². The Morgan fingerprint density at radius 2 is 2.08 bits per heavy atom. The zero-order chi connectivity index (χ0) is 9.68. The van der Waals surface area contributed by atoms with E-state index in [9.17, 15) is 4.79 Å². The standard InChI is InChI=1S/C10H12O3/c1-12-7-9-3-8(6-11)4-10(5-9)13-2/h3-6H,7H2,1-2H3. The molecular weight excluding hydrogens is 168 g/mol. The lowest BCUT2D eigenvalue weighted by Gasteiger charge is -2.04. The first kappa shape index (κ1) is 9.74. The Bertz CT molecular complexity index is 294. The minimum atomic E-state index is 0.484. The fourth-order valence-corrected chi connectivity index (χ4v) is 1.12. The van der Waals surface area contributed by atoms with Crippen molar-refractivity contribution in [3.63, 3.8) is 0 Å². The quantitative estimate of drug-likeness (QED) is 0.661. The van der Waals surface area contributed by atoms with Crippen LogP contribution in [-0.2, 0) is 11.3 Å². The minimum absolute atomic E-state index is 0.484. The number of benzene rings is 1. The molecule has 13 heavy (non-hydrogen) atoms. The second kappa shape index (κ2) is 4.62. The predicted molar refractivity (Wildman–Crippen MR) is 49.1 cm³/mol. The molecule has 3 heteroatoms. The monoisotopic (exact) mass is 180 g/mol. The number of hydrogen-bond acceptors (Lipinski definition) is 3. The smallest absolute Gasteiger partial charge is 0.150 e. The molecule has 0 N–H and O–H groups in total. The average Bonchev–Trinajstić information content (AvgIpc) is 2.17. The summed E-state index contributed by atoms with van der Waals surface area (Å²) in [6.07, 6.45) is 0.793. The van der Waals surface area contributed by atoms with E-state index in [-0.39, 0.29) is 0 Å². The van der Waals surface area contributed by atoms with Gasteiger partial charge in [0, 0.05) is 12.7 Å². The van der Waals surface area contributed by atoms with Crippen molar-refractivity contribution in [2.24, 2.45) is 0 Å². The Morgan fingerprint density at radius 3 is 2.62 bits per heavy atom. The molecular formula is C10H12O3. The van der Waals surface area contributed by atoms with Crippen molar-refractivity contribution in [3.05, 3.63) is 29.3 Å².